The van der Waals surface area contributed by atoms with Gasteiger partial charge in [0.1, 0.15) is 54.3 Å². The lowest BCUT2D eigenvalue weighted by molar-refractivity contribution is -0.168. The van der Waals surface area contributed by atoms with Crippen molar-refractivity contribution in [3.05, 3.63) is 65.7 Å². The Balaban J connectivity index is 1.88. The Morgan fingerprint density at radius 1 is 0.873 bits per heavy atom. The number of fused-ring (bicyclic) bond motifs is 2. The molecule has 18 heteroatoms. The van der Waals surface area contributed by atoms with E-state index in [4.69, 9.17) is 9.47 Å². The smallest absolute Gasteiger partial charge is 0.329 e. The number of hydrogen-bond donors (Lipinski definition) is 7. The number of esters is 1. The van der Waals surface area contributed by atoms with Gasteiger partial charge < -0.3 is 55.9 Å². The van der Waals surface area contributed by atoms with Gasteiger partial charge in [-0.1, -0.05) is 83.0 Å². The summed E-state index contributed by atoms with van der Waals surface area (Å²) in [6, 6.07) is 6.94. The van der Waals surface area contributed by atoms with Crippen molar-refractivity contribution in [1.29, 1.82) is 0 Å². The summed E-state index contributed by atoms with van der Waals surface area (Å²) >= 11 is 0. The molecule has 2 aliphatic heterocycles. The molecule has 63 heavy (non-hydrogen) atoms. The van der Waals surface area contributed by atoms with Crippen LogP contribution in [0.25, 0.3) is 0 Å². The third-order valence-electron chi connectivity index (χ3n) is 12.2. The molecule has 2 aromatic carbocycles. The van der Waals surface area contributed by atoms with Gasteiger partial charge in [-0.3, -0.25) is 28.8 Å². The number of aliphatic hydroxyl groups excluding tert-OH is 2. The van der Waals surface area contributed by atoms with Crippen molar-refractivity contribution in [3.63, 3.8) is 0 Å². The van der Waals surface area contributed by atoms with Gasteiger partial charge in [0.2, 0.25) is 29.5 Å². The van der Waals surface area contributed by atoms with Crippen LogP contribution in [-0.4, -0.2) is 142 Å². The SMILES string of the molecule is CC[C@@H](C)[C@@H]1NC(=O)[C@@H](Cc2ccccc2)N(C)C(=O)[C@H]([C@H](C)CC)N2C(=O)[C@H](CC[C@H]2O)NC(=O)[C@H](CCc2ccc(O)cc2)NC(=O)[C@@H](NC(=O)[C@@H](CO)OC)[C@H](C)OC1=O. The van der Waals surface area contributed by atoms with E-state index in [1.54, 1.807) is 63.2 Å². The fourth-order valence-corrected chi connectivity index (χ4v) is 7.75. The molecule has 6 amide bonds. The number of rotatable bonds is 13. The highest BCUT2D eigenvalue weighted by atomic mass is 16.5. The number of phenols is 1. The van der Waals surface area contributed by atoms with Gasteiger partial charge in [0, 0.05) is 20.6 Å². The Bertz CT molecular complexity index is 1900. The van der Waals surface area contributed by atoms with Crippen LogP contribution in [0.1, 0.15) is 77.8 Å². The summed E-state index contributed by atoms with van der Waals surface area (Å²) in [6.45, 7) is 7.65. The molecule has 0 spiro atoms. The van der Waals surface area contributed by atoms with Crippen molar-refractivity contribution in [2.24, 2.45) is 11.8 Å². The lowest BCUT2D eigenvalue weighted by Crippen LogP contribution is -2.66. The molecule has 0 aromatic heterocycles. The standard InChI is InChI=1S/C45H64N6O12/c1-8-25(3)36-45(61)63-27(5)37(49-41(57)34(24-52)62-7)42(58)46-31(20-17-28-15-18-30(53)19-16-28)39(55)47-32-21-22-35(54)51(43(32)59)38(26(4)9-2)44(60)50(6)33(40(56)48-36)23-29-13-11-10-12-14-29/h10-16,18-19,25-27,31-38,52-54H,8-9,17,20-24H2,1-7H3,(H,46,58)(H,47,55)(H,48,56)(H,49,57)/t25-,26-,27+,31+,32+,33-,34-,35-,36+,37+,38+/m1/s1. The van der Waals surface area contributed by atoms with E-state index >= 15 is 0 Å². The van der Waals surface area contributed by atoms with Crippen molar-refractivity contribution in [2.75, 3.05) is 20.8 Å². The maximum atomic E-state index is 14.8. The molecule has 0 saturated carbocycles. The molecule has 11 atom stereocenters. The maximum absolute atomic E-state index is 14.8. The fraction of sp³-hybridized carbons (Fsp3) is 0.578. The fourth-order valence-electron chi connectivity index (χ4n) is 7.75. The Kier molecular flexibility index (Phi) is 18.4. The minimum Gasteiger partial charge on any atom is -0.508 e. The largest absolute Gasteiger partial charge is 0.508 e. The van der Waals surface area contributed by atoms with E-state index in [9.17, 15) is 48.9 Å². The maximum Gasteiger partial charge on any atom is 0.329 e. The number of carbonyl (C=O) groups excluding carboxylic acids is 7. The second-order valence-corrected chi connectivity index (χ2v) is 16.5. The van der Waals surface area contributed by atoms with E-state index in [2.05, 4.69) is 21.3 Å². The molecule has 7 N–H and O–H groups in total. The van der Waals surface area contributed by atoms with Crippen LogP contribution in [0, 0.1) is 11.8 Å². The molecular weight excluding hydrogens is 817 g/mol. The Hall–Kier alpha value is -5.59. The minimum atomic E-state index is -1.68. The molecule has 4 rings (SSSR count). The van der Waals surface area contributed by atoms with E-state index in [-0.39, 0.29) is 37.9 Å². The van der Waals surface area contributed by atoms with Crippen molar-refractivity contribution in [3.8, 4) is 5.75 Å². The number of methoxy groups -OCH3 is 1. The van der Waals surface area contributed by atoms with Crippen LogP contribution in [0.4, 0.5) is 0 Å². The Labute approximate surface area is 368 Å². The summed E-state index contributed by atoms with van der Waals surface area (Å²) in [4.78, 5) is 102. The number of aliphatic hydroxyl groups is 2. The first-order valence-corrected chi connectivity index (χ1v) is 21.6. The zero-order valence-electron chi connectivity index (χ0n) is 37.1. The number of phenolic OH excluding ortho intramolecular Hbond substituents is 1. The number of amides is 6. The van der Waals surface area contributed by atoms with E-state index in [0.717, 1.165) is 4.90 Å². The lowest BCUT2D eigenvalue weighted by atomic mass is 9.91. The number of piperidine rings is 1. The monoisotopic (exact) mass is 880 g/mol. The van der Waals surface area contributed by atoms with Crippen molar-refractivity contribution in [2.45, 2.75) is 134 Å². The van der Waals surface area contributed by atoms with Crippen LogP contribution in [0.2, 0.25) is 0 Å². The van der Waals surface area contributed by atoms with Gasteiger partial charge in [-0.2, -0.15) is 0 Å². The van der Waals surface area contributed by atoms with Gasteiger partial charge in [0.25, 0.3) is 5.91 Å². The van der Waals surface area contributed by atoms with Gasteiger partial charge in [0.05, 0.1) is 6.61 Å². The van der Waals surface area contributed by atoms with Crippen LogP contribution in [-0.2, 0) is 55.9 Å². The predicted molar refractivity (Wildman–Crippen MR) is 229 cm³/mol. The van der Waals surface area contributed by atoms with Crippen molar-refractivity contribution < 1.29 is 58.4 Å². The predicted octanol–water partition coefficient (Wildman–Crippen LogP) is 0.688. The molecule has 2 aliphatic rings. The van der Waals surface area contributed by atoms with Crippen LogP contribution in [0.3, 0.4) is 0 Å². The summed E-state index contributed by atoms with van der Waals surface area (Å²) in [7, 11) is 2.60. The number of ether oxygens (including phenoxy) is 2. The molecule has 346 valence electrons. The number of benzene rings is 2. The summed E-state index contributed by atoms with van der Waals surface area (Å²) in [5, 5.41) is 41.7. The number of carbonyl (C=O) groups is 7. The summed E-state index contributed by atoms with van der Waals surface area (Å²) in [6.07, 6.45) is -3.42. The molecule has 18 nitrogen and oxygen atoms in total. The van der Waals surface area contributed by atoms with Gasteiger partial charge in [0.15, 0.2) is 6.10 Å². The highest BCUT2D eigenvalue weighted by Crippen LogP contribution is 2.28. The second kappa shape index (κ2) is 23.2. The van der Waals surface area contributed by atoms with Crippen LogP contribution < -0.4 is 21.3 Å². The summed E-state index contributed by atoms with van der Waals surface area (Å²) < 4.78 is 10.9. The number of aromatic hydroxyl groups is 1. The molecule has 0 radical (unpaired) electrons. The molecular formula is C45H64N6O12. The highest BCUT2D eigenvalue weighted by molar-refractivity contribution is 5.98. The third-order valence-corrected chi connectivity index (χ3v) is 12.2. The number of aryl methyl sites for hydroxylation is 1. The summed E-state index contributed by atoms with van der Waals surface area (Å²) in [5.41, 5.74) is 1.37. The van der Waals surface area contributed by atoms with E-state index < -0.39 is 115 Å². The van der Waals surface area contributed by atoms with E-state index in [1.807, 2.05) is 6.92 Å². The topological polar surface area (TPSA) is 253 Å². The van der Waals surface area contributed by atoms with E-state index in [1.165, 1.54) is 38.1 Å². The normalized spacial score (nSPS) is 27.1. The number of cyclic esters (lactones) is 1. The number of hydrogen-bond acceptors (Lipinski definition) is 12. The summed E-state index contributed by atoms with van der Waals surface area (Å²) in [5.74, 6) is -6.84. The molecule has 2 fully saturated rings. The number of nitrogens with zero attached hydrogens (tertiary/aromatic N) is 2. The van der Waals surface area contributed by atoms with Crippen LogP contribution >= 0.6 is 0 Å². The van der Waals surface area contributed by atoms with Gasteiger partial charge in [-0.15, -0.1) is 0 Å². The van der Waals surface area contributed by atoms with Crippen molar-refractivity contribution in [1.82, 2.24) is 31.1 Å². The van der Waals surface area contributed by atoms with Gasteiger partial charge in [-0.05, 0) is 67.7 Å². The zero-order chi connectivity index (χ0) is 46.5. The van der Waals surface area contributed by atoms with Crippen molar-refractivity contribution >= 4 is 41.4 Å². The van der Waals surface area contributed by atoms with E-state index in [0.29, 0.717) is 24.0 Å². The molecule has 0 unspecified atom stereocenters. The number of nitrogens with one attached hydrogen (secondary N) is 4. The quantitative estimate of drug-likeness (QED) is 0.137. The van der Waals surface area contributed by atoms with Crippen LogP contribution in [0.5, 0.6) is 5.75 Å². The minimum absolute atomic E-state index is 0.00132. The lowest BCUT2D eigenvalue weighted by Gasteiger charge is -2.44. The first-order valence-electron chi connectivity index (χ1n) is 21.6. The van der Waals surface area contributed by atoms with Gasteiger partial charge >= 0.3 is 5.97 Å². The average molecular weight is 881 g/mol. The zero-order valence-corrected chi connectivity index (χ0v) is 37.1. The third kappa shape index (κ3) is 12.8. The van der Waals surface area contributed by atoms with Gasteiger partial charge in [-0.25, -0.2) is 4.79 Å². The molecule has 2 heterocycles. The highest BCUT2D eigenvalue weighted by Gasteiger charge is 2.47. The Morgan fingerprint density at radius 2 is 1.52 bits per heavy atom. The molecule has 0 aliphatic carbocycles. The molecule has 2 aromatic rings. The first-order chi connectivity index (χ1) is 29.9. The Morgan fingerprint density at radius 3 is 2.13 bits per heavy atom. The first kappa shape index (κ1) is 50.1. The molecule has 2 bridgehead atoms. The second-order valence-electron chi connectivity index (χ2n) is 16.5. The number of likely N-dealkylation sites (N-methyl/N-ethyl adjacent to an activating group) is 1. The van der Waals surface area contributed by atoms with Crippen LogP contribution in [0.15, 0.2) is 54.6 Å². The average Bonchev–Trinajstić information content (AvgIpc) is 3.27. The molecule has 2 saturated heterocycles.